The second-order valence-electron chi connectivity index (χ2n) is 5.50. The number of para-hydroxylation sites is 1. The number of carbonyl (C=O) groups is 2. The molecule has 2 N–H and O–H groups in total. The Kier molecular flexibility index (Phi) is 7.06. The minimum absolute atomic E-state index is 0. The molecule has 133 valence electrons. The summed E-state index contributed by atoms with van der Waals surface area (Å²) in [5.41, 5.74) is 2.05. The fourth-order valence-electron chi connectivity index (χ4n) is 2.92. The van der Waals surface area contributed by atoms with Crippen LogP contribution in [0.4, 0.5) is 11.4 Å². The van der Waals surface area contributed by atoms with Crippen LogP contribution < -0.4 is 5.32 Å². The summed E-state index contributed by atoms with van der Waals surface area (Å²) in [6.07, 6.45) is 0. The van der Waals surface area contributed by atoms with E-state index in [9.17, 15) is 14.7 Å². The van der Waals surface area contributed by atoms with E-state index in [1.807, 2.05) is 44.2 Å². The largest absolute Gasteiger partial charge is 0.533 e. The van der Waals surface area contributed by atoms with Crippen molar-refractivity contribution in [3.05, 3.63) is 89.0 Å². The summed E-state index contributed by atoms with van der Waals surface area (Å²) in [7, 11) is 0. The van der Waals surface area contributed by atoms with Crippen LogP contribution in [0.5, 0.6) is 5.75 Å². The second kappa shape index (κ2) is 9.07. The number of phenols is 1. The Hall–Kier alpha value is -2.30. The molecule has 4 rings (SSSR count). The molecule has 0 fully saturated rings. The van der Waals surface area contributed by atoms with Crippen LogP contribution >= 0.6 is 0 Å². The van der Waals surface area contributed by atoms with Crippen LogP contribution in [0.15, 0.2) is 60.7 Å². The number of fused-ring (bicyclic) bond motifs is 2. The van der Waals surface area contributed by atoms with Crippen LogP contribution in [0.25, 0.3) is 0 Å². The van der Waals surface area contributed by atoms with Gasteiger partial charge in [-0.2, -0.15) is 0 Å². The number of benzene rings is 3. The first-order chi connectivity index (χ1) is 12.7. The molecule has 0 bridgehead atoms. The van der Waals surface area contributed by atoms with E-state index in [4.69, 9.17) is 0 Å². The Morgan fingerprint density at radius 2 is 1.33 bits per heavy atom. The molecule has 0 heterocycles. The summed E-state index contributed by atoms with van der Waals surface area (Å²) in [4.78, 5) is 25.6. The topological polar surface area (TPSA) is 66.4 Å². The fraction of sp³-hybridized carbons (Fsp3) is 0.0909. The number of anilines is 2. The van der Waals surface area contributed by atoms with E-state index in [0.717, 1.165) is 5.69 Å². The Morgan fingerprint density at radius 3 is 1.93 bits per heavy atom. The Labute approximate surface area is 183 Å². The minimum Gasteiger partial charge on any atom is -0.533 e. The van der Waals surface area contributed by atoms with Gasteiger partial charge < -0.3 is 15.2 Å². The van der Waals surface area contributed by atoms with E-state index in [-0.39, 0.29) is 61.2 Å². The monoisotopic (exact) mass is 433 g/mol. The van der Waals surface area contributed by atoms with Crippen molar-refractivity contribution in [3.8, 4) is 5.75 Å². The third kappa shape index (κ3) is 3.87. The van der Waals surface area contributed by atoms with Gasteiger partial charge in [-0.25, -0.2) is 0 Å². The van der Waals surface area contributed by atoms with Gasteiger partial charge in [0.2, 0.25) is 0 Å². The summed E-state index contributed by atoms with van der Waals surface area (Å²) in [5, 5.41) is 13.2. The molecule has 0 saturated carbocycles. The van der Waals surface area contributed by atoms with E-state index in [2.05, 4.69) is 11.4 Å². The summed E-state index contributed by atoms with van der Waals surface area (Å²) >= 11 is 0. The standard InChI is InChI=1S/C20H12NO3.C2H6.Y/c22-16-11-10-15(21-12-6-2-1-3-7-12)17-18(16)20(24)14-9-5-4-8-13(14)19(17)23;1-2;/h1-10,21-22H;1-2H3;/q-1;;. The van der Waals surface area contributed by atoms with Crippen LogP contribution in [-0.2, 0) is 32.7 Å². The van der Waals surface area contributed by atoms with E-state index in [0.29, 0.717) is 16.8 Å². The first-order valence-electron chi connectivity index (χ1n) is 8.45. The quantitative estimate of drug-likeness (QED) is 0.354. The summed E-state index contributed by atoms with van der Waals surface area (Å²) in [5.74, 6) is -0.968. The van der Waals surface area contributed by atoms with Gasteiger partial charge in [-0.15, -0.1) is 12.1 Å². The molecule has 5 heteroatoms. The fourth-order valence-corrected chi connectivity index (χ4v) is 2.92. The number of aromatic hydroxyl groups is 1. The first-order valence-corrected chi connectivity index (χ1v) is 8.45. The molecule has 0 aromatic heterocycles. The Balaban J connectivity index is 0.000000844. The van der Waals surface area contributed by atoms with E-state index >= 15 is 0 Å². The molecule has 3 aromatic rings. The Bertz CT molecular complexity index is 984. The van der Waals surface area contributed by atoms with Gasteiger partial charge in [0.25, 0.3) is 0 Å². The molecule has 1 aliphatic carbocycles. The molecule has 0 atom stereocenters. The zero-order valence-corrected chi connectivity index (χ0v) is 18.0. The van der Waals surface area contributed by atoms with Gasteiger partial charge in [-0.05, 0) is 23.3 Å². The zero-order valence-electron chi connectivity index (χ0n) is 15.1. The van der Waals surface area contributed by atoms with Crippen molar-refractivity contribution in [1.29, 1.82) is 0 Å². The number of phenolic OH excluding ortho intramolecular Hbond substituents is 1. The van der Waals surface area contributed by atoms with Crippen molar-refractivity contribution in [1.82, 2.24) is 0 Å². The number of carbonyl (C=O) groups excluding carboxylic acids is 2. The van der Waals surface area contributed by atoms with Gasteiger partial charge in [-0.3, -0.25) is 4.79 Å². The van der Waals surface area contributed by atoms with Gasteiger partial charge in [-0.1, -0.05) is 62.0 Å². The molecule has 4 nitrogen and oxygen atoms in total. The molecule has 1 aliphatic rings. The maximum atomic E-state index is 12.9. The average Bonchev–Trinajstić information content (AvgIpc) is 2.70. The van der Waals surface area contributed by atoms with Gasteiger partial charge in [0.15, 0.2) is 5.78 Å². The SMILES string of the molecule is CC.O=C1c2ccccc2C(=O)c2c(Nc3ccccc3)c[c-]c(O)c21.[Y]. The molecular formula is C22H18NO3Y-. The number of nitrogens with one attached hydrogen (secondary N) is 1. The van der Waals surface area contributed by atoms with Gasteiger partial charge >= 0.3 is 0 Å². The van der Waals surface area contributed by atoms with Crippen LogP contribution in [0.2, 0.25) is 0 Å². The smallest absolute Gasteiger partial charge is 0.172 e. The third-order valence-corrected chi connectivity index (χ3v) is 4.03. The number of hydrogen-bond donors (Lipinski definition) is 2. The van der Waals surface area contributed by atoms with Crippen molar-refractivity contribution in [2.45, 2.75) is 13.8 Å². The molecule has 0 spiro atoms. The van der Waals surface area contributed by atoms with Crippen molar-refractivity contribution in [3.63, 3.8) is 0 Å². The average molecular weight is 433 g/mol. The number of hydrogen-bond acceptors (Lipinski definition) is 4. The molecule has 1 radical (unpaired) electrons. The van der Waals surface area contributed by atoms with Crippen molar-refractivity contribution in [2.75, 3.05) is 5.32 Å². The summed E-state index contributed by atoms with van der Waals surface area (Å²) < 4.78 is 0. The first kappa shape index (κ1) is 21.0. The van der Waals surface area contributed by atoms with Gasteiger partial charge in [0.05, 0.1) is 0 Å². The Morgan fingerprint density at radius 1 is 0.815 bits per heavy atom. The predicted molar refractivity (Wildman–Crippen MR) is 101 cm³/mol. The van der Waals surface area contributed by atoms with Crippen LogP contribution in [0.3, 0.4) is 0 Å². The van der Waals surface area contributed by atoms with Crippen molar-refractivity contribution in [2.24, 2.45) is 0 Å². The molecule has 0 saturated heterocycles. The molecule has 0 unspecified atom stereocenters. The van der Waals surface area contributed by atoms with E-state index in [1.165, 1.54) is 6.07 Å². The second-order valence-corrected chi connectivity index (χ2v) is 5.50. The summed E-state index contributed by atoms with van der Waals surface area (Å²) in [6, 6.07) is 20.1. The van der Waals surface area contributed by atoms with E-state index < -0.39 is 0 Å². The predicted octanol–water partition coefficient (Wildman–Crippen LogP) is 4.74. The van der Waals surface area contributed by atoms with Gasteiger partial charge in [0, 0.05) is 55.3 Å². The van der Waals surface area contributed by atoms with Crippen molar-refractivity contribution < 1.29 is 47.4 Å². The van der Waals surface area contributed by atoms with E-state index in [1.54, 1.807) is 24.3 Å². The molecule has 0 amide bonds. The number of rotatable bonds is 2. The minimum atomic E-state index is -0.370. The molecule has 3 aromatic carbocycles. The third-order valence-electron chi connectivity index (χ3n) is 4.03. The van der Waals surface area contributed by atoms with Crippen LogP contribution in [0.1, 0.15) is 45.7 Å². The normalized spacial score (nSPS) is 11.3. The molecular weight excluding hydrogens is 415 g/mol. The maximum absolute atomic E-state index is 12.9. The van der Waals surface area contributed by atoms with Crippen molar-refractivity contribution >= 4 is 22.9 Å². The number of ketones is 2. The zero-order chi connectivity index (χ0) is 18.7. The maximum Gasteiger partial charge on any atom is 0.172 e. The van der Waals surface area contributed by atoms with Crippen LogP contribution in [-0.4, -0.2) is 16.7 Å². The molecule has 0 aliphatic heterocycles. The molecule has 27 heavy (non-hydrogen) atoms. The van der Waals surface area contributed by atoms with Crippen LogP contribution in [0, 0.1) is 6.07 Å². The van der Waals surface area contributed by atoms with Gasteiger partial charge in [0.1, 0.15) is 5.78 Å². The summed E-state index contributed by atoms with van der Waals surface area (Å²) in [6.45, 7) is 4.00.